The first kappa shape index (κ1) is 11.4. The molecule has 1 aromatic heterocycles. The number of nitrogens with zero attached hydrogens (tertiary/aromatic N) is 3. The quantitative estimate of drug-likeness (QED) is 0.837. The van der Waals surface area contributed by atoms with E-state index in [4.69, 9.17) is 4.52 Å². The van der Waals surface area contributed by atoms with Gasteiger partial charge in [0.2, 0.25) is 5.89 Å². The predicted molar refractivity (Wildman–Crippen MR) is 62.7 cm³/mol. The Kier molecular flexibility index (Phi) is 3.43. The van der Waals surface area contributed by atoms with E-state index in [1.807, 2.05) is 19.0 Å². The summed E-state index contributed by atoms with van der Waals surface area (Å²) in [7, 11) is 3.84. The zero-order chi connectivity index (χ0) is 11.5. The lowest BCUT2D eigenvalue weighted by atomic mass is 10.0. The molecule has 1 aliphatic carbocycles. The molecule has 0 aliphatic heterocycles. The van der Waals surface area contributed by atoms with Crippen molar-refractivity contribution in [3.63, 3.8) is 0 Å². The van der Waals surface area contributed by atoms with Crippen molar-refractivity contribution >= 4 is 5.95 Å². The maximum absolute atomic E-state index is 5.34. The molecule has 0 aromatic carbocycles. The minimum Gasteiger partial charge on any atom is -0.344 e. The monoisotopic (exact) mass is 224 g/mol. The van der Waals surface area contributed by atoms with Crippen LogP contribution in [0.5, 0.6) is 0 Å². The number of rotatable bonds is 4. The van der Waals surface area contributed by atoms with Gasteiger partial charge < -0.3 is 14.7 Å². The fourth-order valence-electron chi connectivity index (χ4n) is 2.32. The lowest BCUT2D eigenvalue weighted by Crippen LogP contribution is -2.31. The molecule has 5 nitrogen and oxygen atoms in total. The molecule has 1 heterocycles. The highest BCUT2D eigenvalue weighted by atomic mass is 16.5. The van der Waals surface area contributed by atoms with Gasteiger partial charge in [0.05, 0.1) is 5.92 Å². The summed E-state index contributed by atoms with van der Waals surface area (Å²) in [6.45, 7) is 3.13. The fraction of sp³-hybridized carbons (Fsp3) is 0.818. The van der Waals surface area contributed by atoms with Gasteiger partial charge >= 0.3 is 0 Å². The highest BCUT2D eigenvalue weighted by Crippen LogP contribution is 2.34. The van der Waals surface area contributed by atoms with E-state index in [0.29, 0.717) is 17.9 Å². The van der Waals surface area contributed by atoms with Crippen LogP contribution in [0, 0.1) is 0 Å². The summed E-state index contributed by atoms with van der Waals surface area (Å²) < 4.78 is 5.34. The van der Waals surface area contributed by atoms with E-state index in [9.17, 15) is 0 Å². The molecule has 1 aromatic rings. The van der Waals surface area contributed by atoms with Gasteiger partial charge in [-0.2, -0.15) is 4.98 Å². The minimum atomic E-state index is 0.390. The van der Waals surface area contributed by atoms with Crippen molar-refractivity contribution in [3.8, 4) is 0 Å². The second-order valence-electron chi connectivity index (χ2n) is 4.53. The Hall–Kier alpha value is -1.10. The minimum absolute atomic E-state index is 0.390. The Labute approximate surface area is 96.2 Å². The standard InChI is InChI=1S/C11H20N4O/c1-4-12-9-7-5-6-8(9)10-13-11(14-16-10)15(2)3/h8-9,12H,4-7H2,1-3H3. The average Bonchev–Trinajstić information content (AvgIpc) is 2.84. The molecule has 0 bridgehead atoms. The summed E-state index contributed by atoms with van der Waals surface area (Å²) in [5, 5.41) is 7.46. The molecule has 2 atom stereocenters. The first-order valence-corrected chi connectivity index (χ1v) is 5.96. The highest BCUT2D eigenvalue weighted by Gasteiger charge is 2.32. The second kappa shape index (κ2) is 4.82. The molecule has 0 radical (unpaired) electrons. The molecule has 0 saturated heterocycles. The molecular formula is C11H20N4O. The van der Waals surface area contributed by atoms with Crippen LogP contribution in [0.15, 0.2) is 4.52 Å². The lowest BCUT2D eigenvalue weighted by Gasteiger charge is -2.16. The third kappa shape index (κ3) is 2.19. The van der Waals surface area contributed by atoms with Crippen LogP contribution in [0.25, 0.3) is 0 Å². The van der Waals surface area contributed by atoms with E-state index >= 15 is 0 Å². The molecule has 16 heavy (non-hydrogen) atoms. The number of hydrogen-bond donors (Lipinski definition) is 1. The second-order valence-corrected chi connectivity index (χ2v) is 4.53. The molecule has 1 N–H and O–H groups in total. The Morgan fingerprint density at radius 1 is 1.44 bits per heavy atom. The van der Waals surface area contributed by atoms with Crippen LogP contribution in [0.2, 0.25) is 0 Å². The van der Waals surface area contributed by atoms with E-state index in [1.165, 1.54) is 12.8 Å². The van der Waals surface area contributed by atoms with Gasteiger partial charge in [-0.15, -0.1) is 0 Å². The molecule has 2 rings (SSSR count). The van der Waals surface area contributed by atoms with E-state index < -0.39 is 0 Å². The van der Waals surface area contributed by atoms with Gasteiger partial charge in [-0.05, 0) is 24.5 Å². The van der Waals surface area contributed by atoms with Gasteiger partial charge in [-0.25, -0.2) is 0 Å². The fourth-order valence-corrected chi connectivity index (χ4v) is 2.32. The van der Waals surface area contributed by atoms with Crippen molar-refractivity contribution in [1.82, 2.24) is 15.5 Å². The largest absolute Gasteiger partial charge is 0.344 e. The maximum atomic E-state index is 5.34. The number of hydrogen-bond acceptors (Lipinski definition) is 5. The van der Waals surface area contributed by atoms with Crippen molar-refractivity contribution in [2.24, 2.45) is 0 Å². The zero-order valence-electron chi connectivity index (χ0n) is 10.2. The van der Waals surface area contributed by atoms with Gasteiger partial charge in [0, 0.05) is 20.1 Å². The third-order valence-electron chi connectivity index (χ3n) is 3.13. The van der Waals surface area contributed by atoms with Gasteiger partial charge in [0.25, 0.3) is 5.95 Å². The first-order chi connectivity index (χ1) is 7.72. The normalized spacial score (nSPS) is 24.9. The topological polar surface area (TPSA) is 54.2 Å². The maximum Gasteiger partial charge on any atom is 0.265 e. The van der Waals surface area contributed by atoms with Crippen LogP contribution in [0.3, 0.4) is 0 Å². The summed E-state index contributed by atoms with van der Waals surface area (Å²) in [6, 6.07) is 0.500. The van der Waals surface area contributed by atoms with Crippen molar-refractivity contribution in [2.75, 3.05) is 25.5 Å². The Bertz CT molecular complexity index is 336. The molecule has 0 amide bonds. The Balaban J connectivity index is 2.10. The zero-order valence-corrected chi connectivity index (χ0v) is 10.2. The SMILES string of the molecule is CCNC1CCCC1c1nc(N(C)C)no1. The van der Waals surface area contributed by atoms with Gasteiger partial charge in [-0.3, -0.25) is 0 Å². The summed E-state index contributed by atoms with van der Waals surface area (Å²) >= 11 is 0. The summed E-state index contributed by atoms with van der Waals surface area (Å²) in [5.74, 6) is 1.84. The number of anilines is 1. The van der Waals surface area contributed by atoms with Crippen LogP contribution in [0.4, 0.5) is 5.95 Å². The van der Waals surface area contributed by atoms with Crippen LogP contribution in [0.1, 0.15) is 38.0 Å². The van der Waals surface area contributed by atoms with Gasteiger partial charge in [0.1, 0.15) is 0 Å². The average molecular weight is 224 g/mol. The summed E-state index contributed by atoms with van der Waals surface area (Å²) in [6.07, 6.45) is 3.59. The van der Waals surface area contributed by atoms with Crippen molar-refractivity contribution in [2.45, 2.75) is 38.1 Å². The van der Waals surface area contributed by atoms with Gasteiger partial charge in [-0.1, -0.05) is 13.3 Å². The molecular weight excluding hydrogens is 204 g/mol. The van der Waals surface area contributed by atoms with E-state index in [0.717, 1.165) is 18.9 Å². The summed E-state index contributed by atoms with van der Waals surface area (Å²) in [5.41, 5.74) is 0. The van der Waals surface area contributed by atoms with Gasteiger partial charge in [0.15, 0.2) is 0 Å². The smallest absolute Gasteiger partial charge is 0.265 e. The first-order valence-electron chi connectivity index (χ1n) is 5.96. The molecule has 1 saturated carbocycles. The lowest BCUT2D eigenvalue weighted by molar-refractivity contribution is 0.331. The predicted octanol–water partition coefficient (Wildman–Crippen LogP) is 1.38. The molecule has 1 aliphatic rings. The number of likely N-dealkylation sites (N-methyl/N-ethyl adjacent to an activating group) is 1. The highest BCUT2D eigenvalue weighted by molar-refractivity contribution is 5.24. The van der Waals surface area contributed by atoms with E-state index in [-0.39, 0.29) is 0 Å². The third-order valence-corrected chi connectivity index (χ3v) is 3.13. The van der Waals surface area contributed by atoms with E-state index in [1.54, 1.807) is 0 Å². The molecule has 1 fully saturated rings. The Morgan fingerprint density at radius 2 is 2.25 bits per heavy atom. The van der Waals surface area contributed by atoms with Crippen LogP contribution in [-0.4, -0.2) is 36.8 Å². The Morgan fingerprint density at radius 3 is 2.88 bits per heavy atom. The van der Waals surface area contributed by atoms with Crippen molar-refractivity contribution < 1.29 is 4.52 Å². The number of nitrogens with one attached hydrogen (secondary N) is 1. The van der Waals surface area contributed by atoms with Crippen molar-refractivity contribution in [1.29, 1.82) is 0 Å². The van der Waals surface area contributed by atoms with Crippen molar-refractivity contribution in [3.05, 3.63) is 5.89 Å². The molecule has 5 heteroatoms. The van der Waals surface area contributed by atoms with Crippen LogP contribution >= 0.6 is 0 Å². The summed E-state index contributed by atoms with van der Waals surface area (Å²) in [4.78, 5) is 6.30. The van der Waals surface area contributed by atoms with Crippen LogP contribution in [-0.2, 0) is 0 Å². The van der Waals surface area contributed by atoms with E-state index in [2.05, 4.69) is 22.4 Å². The molecule has 0 spiro atoms. The molecule has 2 unspecified atom stereocenters. The molecule has 90 valence electrons. The van der Waals surface area contributed by atoms with Crippen LogP contribution < -0.4 is 10.2 Å². The number of aromatic nitrogens is 2.